The molecule has 1 aromatic rings. The van der Waals surface area contributed by atoms with Crippen LogP contribution in [0.25, 0.3) is 0 Å². The average Bonchev–Trinajstić information content (AvgIpc) is 2.59. The molecule has 0 N–H and O–H groups in total. The molecule has 0 aliphatic heterocycles. The van der Waals surface area contributed by atoms with Crippen molar-refractivity contribution in [3.63, 3.8) is 0 Å². The summed E-state index contributed by atoms with van der Waals surface area (Å²) in [6.45, 7) is 2.22. The van der Waals surface area contributed by atoms with Gasteiger partial charge >= 0.3 is 0 Å². The van der Waals surface area contributed by atoms with Crippen molar-refractivity contribution in [2.45, 2.75) is 32.2 Å². The molecular formula is C13H19N. The molecule has 0 saturated heterocycles. The molecule has 0 fully saturated rings. The van der Waals surface area contributed by atoms with Crippen LogP contribution in [0.15, 0.2) is 18.2 Å². The van der Waals surface area contributed by atoms with E-state index in [1.54, 1.807) is 11.1 Å². The van der Waals surface area contributed by atoms with Crippen LogP contribution in [0, 0.1) is 0 Å². The quantitative estimate of drug-likeness (QED) is 0.691. The SMILES string of the molecule is CCc1ccc2c(c1)CCC2N(C)C. The van der Waals surface area contributed by atoms with Gasteiger partial charge in [-0.15, -0.1) is 0 Å². The minimum Gasteiger partial charge on any atom is -0.302 e. The van der Waals surface area contributed by atoms with Crippen molar-refractivity contribution in [2.75, 3.05) is 14.1 Å². The maximum atomic E-state index is 2.39. The summed E-state index contributed by atoms with van der Waals surface area (Å²) in [6.07, 6.45) is 3.70. The lowest BCUT2D eigenvalue weighted by atomic mass is 10.0. The van der Waals surface area contributed by atoms with E-state index in [2.05, 4.69) is 44.1 Å². The second-order valence-electron chi connectivity index (χ2n) is 4.40. The highest BCUT2D eigenvalue weighted by atomic mass is 15.1. The number of aryl methyl sites for hydroxylation is 2. The van der Waals surface area contributed by atoms with Gasteiger partial charge in [0.2, 0.25) is 0 Å². The van der Waals surface area contributed by atoms with E-state index in [0.29, 0.717) is 6.04 Å². The van der Waals surface area contributed by atoms with E-state index in [1.807, 2.05) is 0 Å². The Kier molecular flexibility index (Phi) is 2.60. The van der Waals surface area contributed by atoms with Crippen molar-refractivity contribution in [3.8, 4) is 0 Å². The molecule has 14 heavy (non-hydrogen) atoms. The molecule has 1 unspecified atom stereocenters. The van der Waals surface area contributed by atoms with Crippen LogP contribution >= 0.6 is 0 Å². The Morgan fingerprint density at radius 2 is 2.14 bits per heavy atom. The van der Waals surface area contributed by atoms with Gasteiger partial charge in [-0.25, -0.2) is 0 Å². The summed E-state index contributed by atoms with van der Waals surface area (Å²) in [5.41, 5.74) is 4.60. The number of nitrogens with zero attached hydrogens (tertiary/aromatic N) is 1. The minimum atomic E-state index is 0.649. The Hall–Kier alpha value is -0.820. The third kappa shape index (κ3) is 1.57. The first-order valence-corrected chi connectivity index (χ1v) is 5.50. The summed E-state index contributed by atoms with van der Waals surface area (Å²) in [6, 6.07) is 7.64. The van der Waals surface area contributed by atoms with Crippen LogP contribution in [0.4, 0.5) is 0 Å². The lowest BCUT2D eigenvalue weighted by Gasteiger charge is -2.20. The van der Waals surface area contributed by atoms with Gasteiger partial charge in [0.05, 0.1) is 0 Å². The molecule has 0 spiro atoms. The molecule has 1 nitrogen and oxygen atoms in total. The van der Waals surface area contributed by atoms with Crippen LogP contribution in [0.2, 0.25) is 0 Å². The fourth-order valence-electron chi connectivity index (χ4n) is 2.40. The van der Waals surface area contributed by atoms with Crippen LogP contribution in [0.1, 0.15) is 36.1 Å². The second-order valence-corrected chi connectivity index (χ2v) is 4.40. The van der Waals surface area contributed by atoms with Crippen LogP contribution in [0.5, 0.6) is 0 Å². The van der Waals surface area contributed by atoms with Crippen molar-refractivity contribution in [2.24, 2.45) is 0 Å². The highest BCUT2D eigenvalue weighted by Gasteiger charge is 2.23. The van der Waals surface area contributed by atoms with Crippen LogP contribution in [0.3, 0.4) is 0 Å². The lowest BCUT2D eigenvalue weighted by Crippen LogP contribution is -2.17. The topological polar surface area (TPSA) is 3.24 Å². The number of rotatable bonds is 2. The largest absolute Gasteiger partial charge is 0.302 e. The predicted molar refractivity (Wildman–Crippen MR) is 60.6 cm³/mol. The van der Waals surface area contributed by atoms with Gasteiger partial charge in [-0.05, 0) is 50.0 Å². The van der Waals surface area contributed by atoms with Gasteiger partial charge in [0.15, 0.2) is 0 Å². The fraction of sp³-hybridized carbons (Fsp3) is 0.538. The molecule has 0 saturated carbocycles. The van der Waals surface area contributed by atoms with Gasteiger partial charge in [0.25, 0.3) is 0 Å². The van der Waals surface area contributed by atoms with Crippen LogP contribution in [-0.4, -0.2) is 19.0 Å². The highest BCUT2D eigenvalue weighted by Crippen LogP contribution is 2.34. The molecule has 76 valence electrons. The Bertz CT molecular complexity index is 328. The van der Waals surface area contributed by atoms with E-state index in [9.17, 15) is 0 Å². The average molecular weight is 189 g/mol. The molecule has 1 aliphatic rings. The van der Waals surface area contributed by atoms with Crippen molar-refractivity contribution in [1.82, 2.24) is 4.90 Å². The van der Waals surface area contributed by atoms with Gasteiger partial charge in [-0.1, -0.05) is 25.1 Å². The summed E-state index contributed by atoms with van der Waals surface area (Å²) in [7, 11) is 4.35. The smallest absolute Gasteiger partial charge is 0.0347 e. The molecule has 2 rings (SSSR count). The van der Waals surface area contributed by atoms with Crippen LogP contribution in [-0.2, 0) is 12.8 Å². The minimum absolute atomic E-state index is 0.649. The molecule has 1 heteroatoms. The van der Waals surface area contributed by atoms with Gasteiger partial charge < -0.3 is 4.90 Å². The standard InChI is InChI=1S/C13H19N/c1-4-10-5-7-12-11(9-10)6-8-13(12)14(2)3/h5,7,9,13H,4,6,8H2,1-3H3. The zero-order valence-electron chi connectivity index (χ0n) is 9.38. The number of fused-ring (bicyclic) bond motifs is 1. The van der Waals surface area contributed by atoms with E-state index < -0.39 is 0 Å². The summed E-state index contributed by atoms with van der Waals surface area (Å²) in [5, 5.41) is 0. The molecule has 0 radical (unpaired) electrons. The van der Waals surface area contributed by atoms with E-state index in [4.69, 9.17) is 0 Å². The molecular weight excluding hydrogens is 170 g/mol. The first-order chi connectivity index (χ1) is 6.72. The summed E-state index contributed by atoms with van der Waals surface area (Å²) in [4.78, 5) is 2.33. The Labute approximate surface area is 86.7 Å². The van der Waals surface area contributed by atoms with Crippen LogP contribution < -0.4 is 0 Å². The third-order valence-electron chi connectivity index (χ3n) is 3.29. The highest BCUT2D eigenvalue weighted by molar-refractivity contribution is 5.37. The van der Waals surface area contributed by atoms with E-state index >= 15 is 0 Å². The van der Waals surface area contributed by atoms with Crippen molar-refractivity contribution in [3.05, 3.63) is 34.9 Å². The van der Waals surface area contributed by atoms with E-state index in [0.717, 1.165) is 6.42 Å². The van der Waals surface area contributed by atoms with Crippen molar-refractivity contribution in [1.29, 1.82) is 0 Å². The number of hydrogen-bond acceptors (Lipinski definition) is 1. The first-order valence-electron chi connectivity index (χ1n) is 5.50. The maximum absolute atomic E-state index is 2.39. The molecule has 0 amide bonds. The maximum Gasteiger partial charge on any atom is 0.0347 e. The number of hydrogen-bond donors (Lipinski definition) is 0. The summed E-state index contributed by atoms with van der Waals surface area (Å²) >= 11 is 0. The Balaban J connectivity index is 2.33. The normalized spacial score (nSPS) is 20.1. The molecule has 0 bridgehead atoms. The molecule has 1 aliphatic carbocycles. The number of benzene rings is 1. The Morgan fingerprint density at radius 3 is 2.79 bits per heavy atom. The fourth-order valence-corrected chi connectivity index (χ4v) is 2.40. The molecule has 0 heterocycles. The molecule has 0 aromatic heterocycles. The molecule has 1 aromatic carbocycles. The van der Waals surface area contributed by atoms with Gasteiger partial charge in [-0.3, -0.25) is 0 Å². The zero-order chi connectivity index (χ0) is 10.1. The Morgan fingerprint density at radius 1 is 1.36 bits per heavy atom. The summed E-state index contributed by atoms with van der Waals surface area (Å²) < 4.78 is 0. The lowest BCUT2D eigenvalue weighted by molar-refractivity contribution is 0.299. The van der Waals surface area contributed by atoms with Crippen molar-refractivity contribution >= 4 is 0 Å². The predicted octanol–water partition coefficient (Wildman–Crippen LogP) is 2.80. The van der Waals surface area contributed by atoms with Gasteiger partial charge in [0, 0.05) is 6.04 Å². The zero-order valence-corrected chi connectivity index (χ0v) is 9.38. The van der Waals surface area contributed by atoms with E-state index in [-0.39, 0.29) is 0 Å². The molecule has 1 atom stereocenters. The van der Waals surface area contributed by atoms with Gasteiger partial charge in [0.1, 0.15) is 0 Å². The monoisotopic (exact) mass is 189 g/mol. The van der Waals surface area contributed by atoms with Crippen molar-refractivity contribution < 1.29 is 0 Å². The third-order valence-corrected chi connectivity index (χ3v) is 3.29. The summed E-state index contributed by atoms with van der Waals surface area (Å²) in [5.74, 6) is 0. The first kappa shape index (κ1) is 9.72. The second kappa shape index (κ2) is 3.74. The van der Waals surface area contributed by atoms with E-state index in [1.165, 1.54) is 18.4 Å². The van der Waals surface area contributed by atoms with Gasteiger partial charge in [-0.2, -0.15) is 0 Å².